The molecule has 1 aliphatic rings. The van der Waals surface area contributed by atoms with E-state index in [1.54, 1.807) is 54.6 Å². The van der Waals surface area contributed by atoms with Gasteiger partial charge in [-0.1, -0.05) is 56.3 Å². The first-order chi connectivity index (χ1) is 14.9. The van der Waals surface area contributed by atoms with Gasteiger partial charge in [0.1, 0.15) is 0 Å². The highest BCUT2D eigenvalue weighted by molar-refractivity contribution is 6.34. The maximum atomic E-state index is 12.7. The normalized spacial score (nSPS) is 13.2. The molecule has 3 aromatic carbocycles. The number of nitrogens with zero attached hydrogens (tertiary/aromatic N) is 1. The summed E-state index contributed by atoms with van der Waals surface area (Å²) in [6.07, 6.45) is 3.20. The van der Waals surface area contributed by atoms with E-state index in [4.69, 9.17) is 0 Å². The molecule has 0 atom stereocenters. The number of nitrogens with one attached hydrogen (secondary N) is 1. The summed E-state index contributed by atoms with van der Waals surface area (Å²) in [5.41, 5.74) is 3.85. The van der Waals surface area contributed by atoms with Crippen molar-refractivity contribution in [2.24, 2.45) is 0 Å². The smallest absolute Gasteiger partial charge is 0.266 e. The van der Waals surface area contributed by atoms with Gasteiger partial charge in [-0.25, -0.2) is 4.90 Å². The molecule has 0 bridgehead atoms. The Balaban J connectivity index is 1.47. The molecule has 3 amide bonds. The summed E-state index contributed by atoms with van der Waals surface area (Å²) >= 11 is 0. The lowest BCUT2D eigenvalue weighted by Gasteiger charge is -2.15. The molecule has 5 nitrogen and oxygen atoms in total. The maximum absolute atomic E-state index is 12.7. The minimum absolute atomic E-state index is 0.299. The highest BCUT2D eigenvalue weighted by atomic mass is 16.2. The molecule has 3 aromatic rings. The summed E-state index contributed by atoms with van der Waals surface area (Å²) in [7, 11) is 0. The molecule has 4 rings (SSSR count). The van der Waals surface area contributed by atoms with Crippen molar-refractivity contribution in [1.29, 1.82) is 0 Å². The Morgan fingerprint density at radius 1 is 0.871 bits per heavy atom. The molecule has 1 aliphatic heterocycles. The summed E-state index contributed by atoms with van der Waals surface area (Å²) < 4.78 is 0. The third-order valence-corrected chi connectivity index (χ3v) is 5.20. The Hall–Kier alpha value is -3.99. The molecule has 0 saturated heterocycles. The van der Waals surface area contributed by atoms with Crippen molar-refractivity contribution in [3.63, 3.8) is 0 Å². The van der Waals surface area contributed by atoms with E-state index in [1.807, 2.05) is 24.3 Å². The molecule has 1 heterocycles. The fourth-order valence-electron chi connectivity index (χ4n) is 3.49. The second kappa shape index (κ2) is 8.40. The highest BCUT2D eigenvalue weighted by Crippen LogP contribution is 2.29. The number of rotatable bonds is 5. The number of hydrogen-bond donors (Lipinski definition) is 1. The molecule has 0 spiro atoms. The number of fused-ring (bicyclic) bond motifs is 1. The second-order valence-electron chi connectivity index (χ2n) is 7.69. The molecule has 0 fully saturated rings. The van der Waals surface area contributed by atoms with Crippen molar-refractivity contribution in [2.75, 3.05) is 10.2 Å². The van der Waals surface area contributed by atoms with Crippen LogP contribution in [0.25, 0.3) is 6.08 Å². The number of carbonyl (C=O) groups is 3. The van der Waals surface area contributed by atoms with E-state index < -0.39 is 0 Å². The predicted molar refractivity (Wildman–Crippen MR) is 122 cm³/mol. The van der Waals surface area contributed by atoms with E-state index in [0.29, 0.717) is 28.4 Å². The number of hydrogen-bond acceptors (Lipinski definition) is 3. The SMILES string of the molecule is CC(C)c1ccc(C=CC(=O)Nc2cccc(N3C(=O)c4ccccc4C3=O)c2)cc1. The molecule has 31 heavy (non-hydrogen) atoms. The van der Waals surface area contributed by atoms with Crippen LogP contribution in [0.15, 0.2) is 78.9 Å². The summed E-state index contributed by atoms with van der Waals surface area (Å²) in [5.74, 6) is -0.578. The van der Waals surface area contributed by atoms with Crippen LogP contribution < -0.4 is 10.2 Å². The molecule has 0 radical (unpaired) electrons. The first kappa shape index (κ1) is 20.3. The summed E-state index contributed by atoms with van der Waals surface area (Å²) in [6.45, 7) is 4.27. The minimum Gasteiger partial charge on any atom is -0.322 e. The van der Waals surface area contributed by atoms with Crippen LogP contribution in [-0.4, -0.2) is 17.7 Å². The molecular weight excluding hydrogens is 388 g/mol. The van der Waals surface area contributed by atoms with Crippen LogP contribution in [0.1, 0.15) is 51.6 Å². The van der Waals surface area contributed by atoms with Gasteiger partial charge in [0, 0.05) is 11.8 Å². The van der Waals surface area contributed by atoms with Crippen LogP contribution in [0.3, 0.4) is 0 Å². The molecule has 5 heteroatoms. The van der Waals surface area contributed by atoms with Gasteiger partial charge in [-0.15, -0.1) is 0 Å². The van der Waals surface area contributed by atoms with Crippen LogP contribution in [0.5, 0.6) is 0 Å². The number of amides is 3. The predicted octanol–water partition coefficient (Wildman–Crippen LogP) is 5.26. The van der Waals surface area contributed by atoms with Crippen LogP contribution in [0.2, 0.25) is 0 Å². The summed E-state index contributed by atoms with van der Waals surface area (Å²) in [5, 5.41) is 2.78. The summed E-state index contributed by atoms with van der Waals surface area (Å²) in [4.78, 5) is 38.8. The second-order valence-corrected chi connectivity index (χ2v) is 7.69. The zero-order chi connectivity index (χ0) is 22.0. The molecule has 0 aromatic heterocycles. The zero-order valence-corrected chi connectivity index (χ0v) is 17.3. The minimum atomic E-state index is -0.367. The monoisotopic (exact) mass is 410 g/mol. The molecular formula is C26H22N2O3. The van der Waals surface area contributed by atoms with Gasteiger partial charge in [0.05, 0.1) is 16.8 Å². The molecule has 0 aliphatic carbocycles. The van der Waals surface area contributed by atoms with Crippen molar-refractivity contribution in [3.8, 4) is 0 Å². The summed E-state index contributed by atoms with van der Waals surface area (Å²) in [6, 6.07) is 21.5. The maximum Gasteiger partial charge on any atom is 0.266 e. The van der Waals surface area contributed by atoms with Gasteiger partial charge < -0.3 is 5.32 Å². The first-order valence-corrected chi connectivity index (χ1v) is 10.1. The van der Waals surface area contributed by atoms with Crippen molar-refractivity contribution < 1.29 is 14.4 Å². The molecule has 0 unspecified atom stereocenters. The van der Waals surface area contributed by atoms with Crippen molar-refractivity contribution in [1.82, 2.24) is 0 Å². The Bertz CT molecular complexity index is 1160. The molecule has 0 saturated carbocycles. The van der Waals surface area contributed by atoms with Gasteiger partial charge in [0.2, 0.25) is 5.91 Å². The van der Waals surface area contributed by atoms with E-state index >= 15 is 0 Å². The van der Waals surface area contributed by atoms with Crippen LogP contribution >= 0.6 is 0 Å². The molecule has 1 N–H and O–H groups in total. The van der Waals surface area contributed by atoms with Crippen LogP contribution in [0.4, 0.5) is 11.4 Å². The highest BCUT2D eigenvalue weighted by Gasteiger charge is 2.36. The van der Waals surface area contributed by atoms with E-state index in [9.17, 15) is 14.4 Å². The Morgan fingerprint density at radius 3 is 2.13 bits per heavy atom. The van der Waals surface area contributed by atoms with E-state index in [0.717, 1.165) is 10.5 Å². The fraction of sp³-hybridized carbons (Fsp3) is 0.115. The largest absolute Gasteiger partial charge is 0.322 e. The number of imide groups is 1. The standard InChI is InChI=1S/C26H22N2O3/c1-17(2)19-13-10-18(11-14-19)12-15-24(29)27-20-6-5-7-21(16-20)28-25(30)22-8-3-4-9-23(22)26(28)31/h3-17H,1-2H3,(H,27,29). The Morgan fingerprint density at radius 2 is 1.52 bits per heavy atom. The molecule has 154 valence electrons. The number of carbonyl (C=O) groups excluding carboxylic acids is 3. The van der Waals surface area contributed by atoms with Crippen LogP contribution in [0, 0.1) is 0 Å². The first-order valence-electron chi connectivity index (χ1n) is 10.1. The van der Waals surface area contributed by atoms with Crippen LogP contribution in [-0.2, 0) is 4.79 Å². The Labute approximate surface area is 181 Å². The van der Waals surface area contributed by atoms with Crippen molar-refractivity contribution in [3.05, 3.63) is 101 Å². The topological polar surface area (TPSA) is 66.5 Å². The average molecular weight is 410 g/mol. The Kier molecular flexibility index (Phi) is 5.50. The van der Waals surface area contributed by atoms with E-state index in [-0.39, 0.29) is 17.7 Å². The average Bonchev–Trinajstić information content (AvgIpc) is 3.03. The fourth-order valence-corrected chi connectivity index (χ4v) is 3.49. The van der Waals surface area contributed by atoms with Gasteiger partial charge in [-0.2, -0.15) is 0 Å². The lowest BCUT2D eigenvalue weighted by atomic mass is 10.0. The van der Waals surface area contributed by atoms with Crippen molar-refractivity contribution >= 4 is 35.2 Å². The number of benzene rings is 3. The number of anilines is 2. The van der Waals surface area contributed by atoms with Gasteiger partial charge >= 0.3 is 0 Å². The quantitative estimate of drug-likeness (QED) is 0.461. The van der Waals surface area contributed by atoms with Crippen molar-refractivity contribution in [2.45, 2.75) is 19.8 Å². The van der Waals surface area contributed by atoms with Gasteiger partial charge in [-0.3, -0.25) is 14.4 Å². The van der Waals surface area contributed by atoms with Gasteiger partial charge in [-0.05, 0) is 53.5 Å². The van der Waals surface area contributed by atoms with Gasteiger partial charge in [0.15, 0.2) is 0 Å². The third kappa shape index (κ3) is 4.16. The van der Waals surface area contributed by atoms with E-state index in [2.05, 4.69) is 19.2 Å². The lowest BCUT2D eigenvalue weighted by Crippen LogP contribution is -2.29. The lowest BCUT2D eigenvalue weighted by molar-refractivity contribution is -0.111. The van der Waals surface area contributed by atoms with Gasteiger partial charge in [0.25, 0.3) is 11.8 Å². The van der Waals surface area contributed by atoms with E-state index in [1.165, 1.54) is 11.6 Å². The zero-order valence-electron chi connectivity index (χ0n) is 17.3. The third-order valence-electron chi connectivity index (χ3n) is 5.20.